The molecule has 0 aliphatic rings. The Labute approximate surface area is 138 Å². The molecule has 0 saturated heterocycles. The highest BCUT2D eigenvalue weighted by Gasteiger charge is 2.04. The zero-order valence-electron chi connectivity index (χ0n) is 12.0. The SMILES string of the molecule is CCc1cccc2c(/C=N/Nc3ccc(Cl)c(Cl)c3)c[nH]c12. The van der Waals surface area contributed by atoms with Gasteiger partial charge in [-0.25, -0.2) is 0 Å². The molecule has 0 amide bonds. The van der Waals surface area contributed by atoms with Crippen LogP contribution in [0.2, 0.25) is 10.0 Å². The van der Waals surface area contributed by atoms with Crippen molar-refractivity contribution in [1.82, 2.24) is 4.98 Å². The summed E-state index contributed by atoms with van der Waals surface area (Å²) < 4.78 is 0. The number of rotatable bonds is 4. The average molecular weight is 332 g/mol. The van der Waals surface area contributed by atoms with Gasteiger partial charge in [0.05, 0.1) is 21.9 Å². The lowest BCUT2D eigenvalue weighted by Crippen LogP contribution is -1.90. The molecule has 3 rings (SSSR count). The number of benzene rings is 2. The van der Waals surface area contributed by atoms with Crippen molar-refractivity contribution in [3.8, 4) is 0 Å². The number of hydrogen-bond donors (Lipinski definition) is 2. The van der Waals surface area contributed by atoms with E-state index in [2.05, 4.69) is 40.6 Å². The fraction of sp³-hybridized carbons (Fsp3) is 0.118. The van der Waals surface area contributed by atoms with Crippen molar-refractivity contribution >= 4 is 46.0 Å². The van der Waals surface area contributed by atoms with E-state index in [1.807, 2.05) is 12.3 Å². The number of aromatic amines is 1. The van der Waals surface area contributed by atoms with Crippen molar-refractivity contribution in [1.29, 1.82) is 0 Å². The van der Waals surface area contributed by atoms with Gasteiger partial charge in [0, 0.05) is 22.7 Å². The second kappa shape index (κ2) is 6.42. The molecule has 0 aliphatic heterocycles. The number of aromatic nitrogens is 1. The molecule has 2 aromatic carbocycles. The molecule has 0 fully saturated rings. The molecule has 0 saturated carbocycles. The van der Waals surface area contributed by atoms with Gasteiger partial charge in [-0.15, -0.1) is 0 Å². The predicted molar refractivity (Wildman–Crippen MR) is 95.4 cm³/mol. The highest BCUT2D eigenvalue weighted by molar-refractivity contribution is 6.42. The summed E-state index contributed by atoms with van der Waals surface area (Å²) in [6.45, 7) is 2.15. The Morgan fingerprint density at radius 2 is 2.05 bits per heavy atom. The largest absolute Gasteiger partial charge is 0.360 e. The number of hydrogen-bond acceptors (Lipinski definition) is 2. The zero-order valence-corrected chi connectivity index (χ0v) is 13.5. The van der Waals surface area contributed by atoms with Crippen LogP contribution in [0.25, 0.3) is 10.9 Å². The average Bonchev–Trinajstić information content (AvgIpc) is 2.94. The zero-order chi connectivity index (χ0) is 15.5. The molecular formula is C17H15Cl2N3. The van der Waals surface area contributed by atoms with Crippen molar-refractivity contribution in [2.45, 2.75) is 13.3 Å². The van der Waals surface area contributed by atoms with Gasteiger partial charge in [-0.2, -0.15) is 5.10 Å². The summed E-state index contributed by atoms with van der Waals surface area (Å²) in [6, 6.07) is 11.6. The van der Waals surface area contributed by atoms with Crippen LogP contribution in [0, 0.1) is 0 Å². The summed E-state index contributed by atoms with van der Waals surface area (Å²) in [4.78, 5) is 3.32. The summed E-state index contributed by atoms with van der Waals surface area (Å²) in [5.74, 6) is 0. The number of H-pyrrole nitrogens is 1. The second-order valence-corrected chi connectivity index (χ2v) is 5.75. The van der Waals surface area contributed by atoms with Gasteiger partial charge in [-0.1, -0.05) is 48.3 Å². The van der Waals surface area contributed by atoms with Crippen LogP contribution in [0.3, 0.4) is 0 Å². The van der Waals surface area contributed by atoms with E-state index in [-0.39, 0.29) is 0 Å². The number of nitrogens with one attached hydrogen (secondary N) is 2. The van der Waals surface area contributed by atoms with Crippen molar-refractivity contribution in [2.24, 2.45) is 5.10 Å². The number of aryl methyl sites for hydroxylation is 1. The third-order valence-electron chi connectivity index (χ3n) is 3.53. The van der Waals surface area contributed by atoms with Crippen LogP contribution in [0.4, 0.5) is 5.69 Å². The summed E-state index contributed by atoms with van der Waals surface area (Å²) >= 11 is 11.9. The van der Waals surface area contributed by atoms with E-state index in [9.17, 15) is 0 Å². The number of halogens is 2. The van der Waals surface area contributed by atoms with Crippen molar-refractivity contribution in [3.05, 3.63) is 63.8 Å². The Morgan fingerprint density at radius 1 is 1.18 bits per heavy atom. The number of fused-ring (bicyclic) bond motifs is 1. The maximum absolute atomic E-state index is 5.97. The van der Waals surface area contributed by atoms with Gasteiger partial charge in [0.1, 0.15) is 0 Å². The topological polar surface area (TPSA) is 40.2 Å². The van der Waals surface area contributed by atoms with E-state index in [4.69, 9.17) is 23.2 Å². The summed E-state index contributed by atoms with van der Waals surface area (Å²) in [7, 11) is 0. The van der Waals surface area contributed by atoms with Crippen LogP contribution in [0.1, 0.15) is 18.1 Å². The normalized spacial score (nSPS) is 11.4. The van der Waals surface area contributed by atoms with E-state index < -0.39 is 0 Å². The van der Waals surface area contributed by atoms with E-state index in [1.165, 1.54) is 16.5 Å². The molecule has 0 bridgehead atoms. The van der Waals surface area contributed by atoms with E-state index >= 15 is 0 Å². The van der Waals surface area contributed by atoms with Gasteiger partial charge in [-0.05, 0) is 30.2 Å². The standard InChI is InChI=1S/C17H15Cl2N3/c1-2-11-4-3-5-14-12(9-20-17(11)14)10-21-22-13-6-7-15(18)16(19)8-13/h3-10,20,22H,2H2,1H3/b21-10+. The Morgan fingerprint density at radius 3 is 2.82 bits per heavy atom. The minimum atomic E-state index is 0.501. The van der Waals surface area contributed by atoms with Crippen molar-refractivity contribution in [3.63, 3.8) is 0 Å². The van der Waals surface area contributed by atoms with Crippen molar-refractivity contribution in [2.75, 3.05) is 5.43 Å². The predicted octanol–water partition coefficient (Wildman–Crippen LogP) is 5.48. The van der Waals surface area contributed by atoms with Crippen LogP contribution in [0.15, 0.2) is 47.7 Å². The summed E-state index contributed by atoms with van der Waals surface area (Å²) in [5.41, 5.74) is 7.26. The van der Waals surface area contributed by atoms with E-state index in [0.29, 0.717) is 10.0 Å². The number of nitrogens with zero attached hydrogens (tertiary/aromatic N) is 1. The second-order valence-electron chi connectivity index (χ2n) is 4.94. The van der Waals surface area contributed by atoms with Gasteiger partial charge in [0.2, 0.25) is 0 Å². The first-order chi connectivity index (χ1) is 10.7. The molecule has 1 aromatic heterocycles. The first-order valence-electron chi connectivity index (χ1n) is 7.02. The summed E-state index contributed by atoms with van der Waals surface area (Å²) in [5, 5.41) is 6.46. The van der Waals surface area contributed by atoms with Crippen LogP contribution in [-0.4, -0.2) is 11.2 Å². The molecule has 0 spiro atoms. The van der Waals surface area contributed by atoms with Crippen LogP contribution in [-0.2, 0) is 6.42 Å². The minimum absolute atomic E-state index is 0.501. The third-order valence-corrected chi connectivity index (χ3v) is 4.27. The van der Waals surface area contributed by atoms with Crippen LogP contribution < -0.4 is 5.43 Å². The molecule has 1 heterocycles. The molecular weight excluding hydrogens is 317 g/mol. The molecule has 0 unspecified atom stereocenters. The lowest BCUT2D eigenvalue weighted by molar-refractivity contribution is 1.15. The van der Waals surface area contributed by atoms with Gasteiger partial charge in [0.25, 0.3) is 0 Å². The van der Waals surface area contributed by atoms with E-state index in [0.717, 1.165) is 17.7 Å². The van der Waals surface area contributed by atoms with Crippen molar-refractivity contribution < 1.29 is 0 Å². The quantitative estimate of drug-likeness (QED) is 0.482. The maximum atomic E-state index is 5.97. The first-order valence-corrected chi connectivity index (χ1v) is 7.77. The lowest BCUT2D eigenvalue weighted by atomic mass is 10.1. The van der Waals surface area contributed by atoms with Gasteiger partial charge in [0.15, 0.2) is 0 Å². The third kappa shape index (κ3) is 2.96. The number of anilines is 1. The highest BCUT2D eigenvalue weighted by atomic mass is 35.5. The molecule has 0 atom stereocenters. The monoisotopic (exact) mass is 331 g/mol. The molecule has 3 nitrogen and oxygen atoms in total. The lowest BCUT2D eigenvalue weighted by Gasteiger charge is -2.02. The molecule has 0 radical (unpaired) electrons. The Balaban J connectivity index is 1.82. The Hall–Kier alpha value is -1.97. The summed E-state index contributed by atoms with van der Waals surface area (Å²) in [6.07, 6.45) is 4.75. The van der Waals surface area contributed by atoms with Gasteiger partial charge >= 0.3 is 0 Å². The maximum Gasteiger partial charge on any atom is 0.0613 e. The van der Waals surface area contributed by atoms with E-state index in [1.54, 1.807) is 18.3 Å². The van der Waals surface area contributed by atoms with Gasteiger partial charge < -0.3 is 4.98 Å². The highest BCUT2D eigenvalue weighted by Crippen LogP contribution is 2.25. The molecule has 112 valence electrons. The molecule has 0 aliphatic carbocycles. The Kier molecular flexibility index (Phi) is 4.36. The fourth-order valence-electron chi connectivity index (χ4n) is 2.38. The van der Waals surface area contributed by atoms with Crippen LogP contribution >= 0.6 is 23.2 Å². The van der Waals surface area contributed by atoms with Gasteiger partial charge in [-0.3, -0.25) is 5.43 Å². The molecule has 2 N–H and O–H groups in total. The minimum Gasteiger partial charge on any atom is -0.360 e. The number of para-hydroxylation sites is 1. The first kappa shape index (κ1) is 14.9. The fourth-order valence-corrected chi connectivity index (χ4v) is 2.68. The molecule has 5 heteroatoms. The Bertz CT molecular complexity index is 837. The molecule has 22 heavy (non-hydrogen) atoms. The number of hydrazone groups is 1. The van der Waals surface area contributed by atoms with Crippen LogP contribution in [0.5, 0.6) is 0 Å². The smallest absolute Gasteiger partial charge is 0.0613 e. The molecule has 3 aromatic rings.